The summed E-state index contributed by atoms with van der Waals surface area (Å²) in [5, 5.41) is 13.5. The number of amides is 2. The van der Waals surface area contributed by atoms with E-state index in [0.29, 0.717) is 19.5 Å². The Bertz CT molecular complexity index is 329. The first-order valence-electron chi connectivity index (χ1n) is 5.68. The number of allylic oxidation sites excluding steroid dienone is 1. The van der Waals surface area contributed by atoms with Gasteiger partial charge in [0, 0.05) is 19.2 Å². The average Bonchev–Trinajstić information content (AvgIpc) is 2.28. The summed E-state index contributed by atoms with van der Waals surface area (Å²) in [5.74, 6) is -0.381. The molecule has 0 fully saturated rings. The maximum absolute atomic E-state index is 11.3. The van der Waals surface area contributed by atoms with Crippen molar-refractivity contribution in [3.05, 3.63) is 11.6 Å². The van der Waals surface area contributed by atoms with Crippen LogP contribution in [0.1, 0.15) is 33.1 Å². The summed E-state index contributed by atoms with van der Waals surface area (Å²) in [4.78, 5) is 22.2. The fraction of sp³-hybridized carbons (Fsp3) is 0.583. The molecule has 0 atom stereocenters. The second kappa shape index (κ2) is 9.40. The van der Waals surface area contributed by atoms with Gasteiger partial charge in [-0.3, -0.25) is 9.59 Å². The Labute approximate surface area is 102 Å². The maximum Gasteiger partial charge on any atom is 0.243 e. The van der Waals surface area contributed by atoms with Crippen molar-refractivity contribution in [2.45, 2.75) is 33.1 Å². The number of nitriles is 1. The predicted molar refractivity (Wildman–Crippen MR) is 64.9 cm³/mol. The zero-order valence-corrected chi connectivity index (χ0v) is 10.4. The minimum atomic E-state index is -0.277. The maximum atomic E-state index is 11.3. The van der Waals surface area contributed by atoms with E-state index < -0.39 is 0 Å². The van der Waals surface area contributed by atoms with Crippen LogP contribution in [0.25, 0.3) is 0 Å². The molecule has 5 heteroatoms. The van der Waals surface area contributed by atoms with Gasteiger partial charge < -0.3 is 10.6 Å². The summed E-state index contributed by atoms with van der Waals surface area (Å²) in [6.45, 7) is 4.88. The molecule has 17 heavy (non-hydrogen) atoms. The van der Waals surface area contributed by atoms with Gasteiger partial charge >= 0.3 is 0 Å². The van der Waals surface area contributed by atoms with Crippen molar-refractivity contribution in [3.63, 3.8) is 0 Å². The second-order valence-corrected chi connectivity index (χ2v) is 3.67. The van der Waals surface area contributed by atoms with E-state index in [1.165, 1.54) is 0 Å². The molecule has 0 rings (SSSR count). The molecule has 0 spiro atoms. The second-order valence-electron chi connectivity index (χ2n) is 3.67. The molecule has 0 aliphatic carbocycles. The van der Waals surface area contributed by atoms with Crippen LogP contribution in [0.3, 0.4) is 0 Å². The Morgan fingerprint density at radius 1 is 1.29 bits per heavy atom. The van der Waals surface area contributed by atoms with Gasteiger partial charge in [-0.15, -0.1) is 0 Å². The van der Waals surface area contributed by atoms with Crippen molar-refractivity contribution in [2.24, 2.45) is 0 Å². The number of nitrogens with one attached hydrogen (secondary N) is 2. The average molecular weight is 237 g/mol. The van der Waals surface area contributed by atoms with Crippen molar-refractivity contribution >= 4 is 11.8 Å². The largest absolute Gasteiger partial charge is 0.355 e. The van der Waals surface area contributed by atoms with E-state index in [1.54, 1.807) is 12.1 Å². The third-order valence-corrected chi connectivity index (χ3v) is 2.15. The van der Waals surface area contributed by atoms with Crippen molar-refractivity contribution in [3.8, 4) is 6.07 Å². The lowest BCUT2D eigenvalue weighted by Gasteiger charge is -2.04. The summed E-state index contributed by atoms with van der Waals surface area (Å²) >= 11 is 0. The molecule has 0 bridgehead atoms. The lowest BCUT2D eigenvalue weighted by molar-refractivity contribution is -0.120. The lowest BCUT2D eigenvalue weighted by Crippen LogP contribution is -2.28. The van der Waals surface area contributed by atoms with Gasteiger partial charge in [0.2, 0.25) is 11.8 Å². The number of carbonyl (C=O) groups is 2. The highest BCUT2D eigenvalue weighted by atomic mass is 16.2. The summed E-state index contributed by atoms with van der Waals surface area (Å²) in [7, 11) is 0. The van der Waals surface area contributed by atoms with Gasteiger partial charge in [-0.05, 0) is 19.8 Å². The van der Waals surface area contributed by atoms with E-state index in [-0.39, 0.29) is 18.2 Å². The van der Waals surface area contributed by atoms with Crippen molar-refractivity contribution < 1.29 is 9.59 Å². The van der Waals surface area contributed by atoms with E-state index in [1.807, 2.05) is 13.8 Å². The van der Waals surface area contributed by atoms with Gasteiger partial charge in [0.05, 0.1) is 6.07 Å². The molecule has 0 aromatic rings. The minimum Gasteiger partial charge on any atom is -0.355 e. The lowest BCUT2D eigenvalue weighted by atomic mass is 10.2. The first kappa shape index (κ1) is 15.2. The molecule has 2 amide bonds. The molecule has 0 aromatic carbocycles. The van der Waals surface area contributed by atoms with Gasteiger partial charge in [0.1, 0.15) is 6.42 Å². The van der Waals surface area contributed by atoms with E-state index in [2.05, 4.69) is 10.6 Å². The SMILES string of the molecule is CC/C(C)=C/C(=O)NCCCNC(=O)CC#N. The standard InChI is InChI=1S/C12H19N3O2/c1-3-10(2)9-12(17)15-8-4-7-14-11(16)5-6-13/h9H,3-5,7-8H2,1-2H3,(H,14,16)(H,15,17)/b10-9+. The zero-order valence-electron chi connectivity index (χ0n) is 10.4. The molecule has 0 heterocycles. The molecular formula is C12H19N3O2. The molecule has 0 aromatic heterocycles. The topological polar surface area (TPSA) is 82.0 Å². The normalized spacial score (nSPS) is 10.5. The van der Waals surface area contributed by atoms with Crippen LogP contribution in [0, 0.1) is 11.3 Å². The third-order valence-electron chi connectivity index (χ3n) is 2.15. The molecule has 0 saturated carbocycles. The van der Waals surface area contributed by atoms with E-state index in [4.69, 9.17) is 5.26 Å². The Balaban J connectivity index is 3.56. The van der Waals surface area contributed by atoms with Crippen LogP contribution in [0.4, 0.5) is 0 Å². The molecule has 0 unspecified atom stereocenters. The fourth-order valence-electron chi connectivity index (χ4n) is 1.04. The zero-order chi connectivity index (χ0) is 13.1. The predicted octanol–water partition coefficient (Wildman–Crippen LogP) is 0.879. The first-order chi connectivity index (χ1) is 8.10. The number of nitrogens with zero attached hydrogens (tertiary/aromatic N) is 1. The highest BCUT2D eigenvalue weighted by Crippen LogP contribution is 1.96. The van der Waals surface area contributed by atoms with Crippen LogP contribution in [0.15, 0.2) is 11.6 Å². The Morgan fingerprint density at radius 2 is 1.94 bits per heavy atom. The molecule has 0 saturated heterocycles. The van der Waals surface area contributed by atoms with Gasteiger partial charge in [0.15, 0.2) is 0 Å². The van der Waals surface area contributed by atoms with Crippen LogP contribution >= 0.6 is 0 Å². The van der Waals surface area contributed by atoms with Crippen molar-refractivity contribution in [1.29, 1.82) is 5.26 Å². The van der Waals surface area contributed by atoms with Gasteiger partial charge in [-0.2, -0.15) is 5.26 Å². The number of hydrogen-bond donors (Lipinski definition) is 2. The summed E-state index contributed by atoms with van der Waals surface area (Å²) in [5.41, 5.74) is 1.03. The van der Waals surface area contributed by atoms with Crippen molar-refractivity contribution in [2.75, 3.05) is 13.1 Å². The summed E-state index contributed by atoms with van der Waals surface area (Å²) < 4.78 is 0. The van der Waals surface area contributed by atoms with Crippen LogP contribution in [0.2, 0.25) is 0 Å². The minimum absolute atomic E-state index is 0.104. The molecule has 0 aliphatic rings. The summed E-state index contributed by atoms with van der Waals surface area (Å²) in [6, 6.07) is 1.77. The van der Waals surface area contributed by atoms with Gasteiger partial charge in [-0.25, -0.2) is 0 Å². The van der Waals surface area contributed by atoms with E-state index in [0.717, 1.165) is 12.0 Å². The van der Waals surface area contributed by atoms with Crippen LogP contribution < -0.4 is 10.6 Å². The Hall–Kier alpha value is -1.83. The number of hydrogen-bond acceptors (Lipinski definition) is 3. The molecule has 94 valence electrons. The highest BCUT2D eigenvalue weighted by molar-refractivity contribution is 5.88. The monoisotopic (exact) mass is 237 g/mol. The quantitative estimate of drug-likeness (QED) is 0.509. The van der Waals surface area contributed by atoms with Crippen LogP contribution in [-0.4, -0.2) is 24.9 Å². The summed E-state index contributed by atoms with van der Waals surface area (Å²) in [6.07, 6.45) is 2.97. The molecule has 0 radical (unpaired) electrons. The fourth-order valence-corrected chi connectivity index (χ4v) is 1.04. The molecular weight excluding hydrogens is 218 g/mol. The van der Waals surface area contributed by atoms with E-state index in [9.17, 15) is 9.59 Å². The van der Waals surface area contributed by atoms with Crippen LogP contribution in [-0.2, 0) is 9.59 Å². The van der Waals surface area contributed by atoms with Crippen LogP contribution in [0.5, 0.6) is 0 Å². The van der Waals surface area contributed by atoms with E-state index >= 15 is 0 Å². The molecule has 0 aliphatic heterocycles. The number of rotatable bonds is 7. The smallest absolute Gasteiger partial charge is 0.243 e. The highest BCUT2D eigenvalue weighted by Gasteiger charge is 1.99. The van der Waals surface area contributed by atoms with Gasteiger partial charge in [0.25, 0.3) is 0 Å². The number of carbonyl (C=O) groups excluding carboxylic acids is 2. The first-order valence-corrected chi connectivity index (χ1v) is 5.68. The molecule has 2 N–H and O–H groups in total. The Morgan fingerprint density at radius 3 is 2.53 bits per heavy atom. The van der Waals surface area contributed by atoms with Gasteiger partial charge in [-0.1, -0.05) is 12.5 Å². The Kier molecular flexibility index (Phi) is 8.39. The molecule has 5 nitrogen and oxygen atoms in total. The third kappa shape index (κ3) is 9.12. The van der Waals surface area contributed by atoms with Crippen molar-refractivity contribution in [1.82, 2.24) is 10.6 Å².